The minimum absolute atomic E-state index is 0. The zero-order valence-corrected chi connectivity index (χ0v) is 10.4. The first-order valence-electron chi connectivity index (χ1n) is 4.92. The van der Waals surface area contributed by atoms with Crippen LogP contribution in [0.1, 0.15) is 6.92 Å². The highest BCUT2D eigenvalue weighted by molar-refractivity contribution is 5.92. The summed E-state index contributed by atoms with van der Waals surface area (Å²) in [6.45, 7) is 0.604. The van der Waals surface area contributed by atoms with Gasteiger partial charge in [-0.1, -0.05) is 6.92 Å². The van der Waals surface area contributed by atoms with Crippen molar-refractivity contribution in [2.75, 3.05) is 11.9 Å². The van der Waals surface area contributed by atoms with Gasteiger partial charge >= 0.3 is 6.18 Å². The number of aromatic nitrogens is 2. The topological polar surface area (TPSA) is 72.9 Å². The molecular weight excluding hydrogens is 273 g/mol. The van der Waals surface area contributed by atoms with Gasteiger partial charge in [0.25, 0.3) is 0 Å². The smallest absolute Gasteiger partial charge is 0.330 e. The average molecular weight is 287 g/mol. The monoisotopic (exact) mass is 286 g/mol. The van der Waals surface area contributed by atoms with Crippen LogP contribution < -0.4 is 11.1 Å². The summed E-state index contributed by atoms with van der Waals surface area (Å²) in [5.41, 5.74) is 5.51. The molecule has 18 heavy (non-hydrogen) atoms. The van der Waals surface area contributed by atoms with E-state index in [1.807, 2.05) is 0 Å². The van der Waals surface area contributed by atoms with Crippen molar-refractivity contribution < 1.29 is 18.0 Å². The Morgan fingerprint density at radius 3 is 2.72 bits per heavy atom. The van der Waals surface area contributed by atoms with Gasteiger partial charge < -0.3 is 11.1 Å². The lowest BCUT2D eigenvalue weighted by molar-refractivity contribution is -0.142. The Hall–Kier alpha value is -1.28. The van der Waals surface area contributed by atoms with E-state index in [9.17, 15) is 18.0 Å². The zero-order chi connectivity index (χ0) is 13.1. The number of nitrogens with two attached hydrogens (primary N) is 1. The second-order valence-corrected chi connectivity index (χ2v) is 3.67. The Morgan fingerprint density at radius 2 is 2.22 bits per heavy atom. The number of nitrogens with one attached hydrogen (secondary N) is 1. The molecule has 1 aromatic heterocycles. The molecule has 1 unspecified atom stereocenters. The summed E-state index contributed by atoms with van der Waals surface area (Å²) in [7, 11) is 0. The van der Waals surface area contributed by atoms with E-state index in [0.29, 0.717) is 4.68 Å². The lowest BCUT2D eigenvalue weighted by atomic mass is 10.2. The van der Waals surface area contributed by atoms with Crippen LogP contribution in [0.4, 0.5) is 18.9 Å². The van der Waals surface area contributed by atoms with Crippen LogP contribution in [0, 0.1) is 5.92 Å². The average Bonchev–Trinajstić information content (AvgIpc) is 2.61. The molecule has 1 aromatic rings. The number of halogens is 4. The number of nitrogens with zero attached hydrogens (tertiary/aromatic N) is 2. The van der Waals surface area contributed by atoms with E-state index in [0.717, 1.165) is 12.4 Å². The van der Waals surface area contributed by atoms with Gasteiger partial charge in [0.15, 0.2) is 0 Å². The molecule has 1 rings (SSSR count). The van der Waals surface area contributed by atoms with E-state index in [2.05, 4.69) is 10.4 Å². The summed E-state index contributed by atoms with van der Waals surface area (Å²) in [6, 6.07) is 0. The number of hydrogen-bond donors (Lipinski definition) is 2. The molecule has 0 spiro atoms. The van der Waals surface area contributed by atoms with Gasteiger partial charge in [0, 0.05) is 18.7 Å². The third-order valence-corrected chi connectivity index (χ3v) is 2.04. The Bertz CT molecular complexity index is 393. The van der Waals surface area contributed by atoms with Crippen LogP contribution in [-0.4, -0.2) is 28.4 Å². The van der Waals surface area contributed by atoms with E-state index < -0.39 is 18.6 Å². The van der Waals surface area contributed by atoms with Crippen molar-refractivity contribution in [1.82, 2.24) is 9.78 Å². The van der Waals surface area contributed by atoms with Crippen molar-refractivity contribution in [3.05, 3.63) is 12.4 Å². The second-order valence-electron chi connectivity index (χ2n) is 3.67. The molecule has 5 nitrogen and oxygen atoms in total. The fraction of sp³-hybridized carbons (Fsp3) is 0.556. The predicted molar refractivity (Wildman–Crippen MR) is 62.4 cm³/mol. The minimum atomic E-state index is -4.34. The number of anilines is 1. The number of hydrogen-bond acceptors (Lipinski definition) is 3. The highest BCUT2D eigenvalue weighted by atomic mass is 35.5. The predicted octanol–water partition coefficient (Wildman–Crippen LogP) is 1.40. The molecule has 0 bridgehead atoms. The van der Waals surface area contributed by atoms with Crippen LogP contribution >= 0.6 is 12.4 Å². The lowest BCUT2D eigenvalue weighted by Gasteiger charge is -2.07. The quantitative estimate of drug-likeness (QED) is 0.879. The van der Waals surface area contributed by atoms with Crippen molar-refractivity contribution in [1.29, 1.82) is 0 Å². The second kappa shape index (κ2) is 6.60. The van der Waals surface area contributed by atoms with E-state index >= 15 is 0 Å². The summed E-state index contributed by atoms with van der Waals surface area (Å²) in [4.78, 5) is 11.4. The first kappa shape index (κ1) is 16.7. The maximum atomic E-state index is 12.0. The van der Waals surface area contributed by atoms with Crippen molar-refractivity contribution in [2.24, 2.45) is 11.7 Å². The fourth-order valence-electron chi connectivity index (χ4n) is 1.07. The van der Waals surface area contributed by atoms with Gasteiger partial charge in [-0.2, -0.15) is 18.3 Å². The Kier molecular flexibility index (Phi) is 6.13. The summed E-state index contributed by atoms with van der Waals surface area (Å²) in [5.74, 6) is -0.750. The van der Waals surface area contributed by atoms with Crippen molar-refractivity contribution in [3.8, 4) is 0 Å². The summed E-state index contributed by atoms with van der Waals surface area (Å²) in [6.07, 6.45) is -2.06. The normalized spacial score (nSPS) is 12.7. The molecule has 0 fully saturated rings. The van der Waals surface area contributed by atoms with Crippen molar-refractivity contribution in [3.63, 3.8) is 0 Å². The first-order chi connectivity index (χ1) is 7.81. The molecule has 0 saturated heterocycles. The molecular formula is C9H14ClF3N4O. The third kappa shape index (κ3) is 5.37. The standard InChI is InChI=1S/C9H13F3N4O.ClH/c1-6(2-13)8(17)15-7-3-14-16(4-7)5-9(10,11)12;/h3-4,6H,2,5,13H2,1H3,(H,15,17);1H. The molecule has 0 radical (unpaired) electrons. The molecule has 0 saturated carbocycles. The van der Waals surface area contributed by atoms with Crippen molar-refractivity contribution in [2.45, 2.75) is 19.6 Å². The SMILES string of the molecule is CC(CN)C(=O)Nc1cnn(CC(F)(F)F)c1.Cl. The van der Waals surface area contributed by atoms with E-state index in [1.54, 1.807) is 6.92 Å². The number of carbonyl (C=O) groups is 1. The molecule has 1 heterocycles. The number of amides is 1. The Balaban J connectivity index is 0.00000289. The van der Waals surface area contributed by atoms with Crippen LogP contribution in [0.15, 0.2) is 12.4 Å². The largest absolute Gasteiger partial charge is 0.408 e. The van der Waals surface area contributed by atoms with Gasteiger partial charge in [0.2, 0.25) is 5.91 Å². The summed E-state index contributed by atoms with van der Waals surface area (Å²) < 4.78 is 36.8. The number of alkyl halides is 3. The molecule has 9 heteroatoms. The molecule has 3 N–H and O–H groups in total. The van der Waals surface area contributed by atoms with Gasteiger partial charge in [-0.25, -0.2) is 0 Å². The third-order valence-electron chi connectivity index (χ3n) is 2.04. The molecule has 0 aliphatic heterocycles. The highest BCUT2D eigenvalue weighted by Crippen LogP contribution is 2.18. The van der Waals surface area contributed by atoms with Crippen LogP contribution in [0.3, 0.4) is 0 Å². The molecule has 0 aliphatic carbocycles. The first-order valence-corrected chi connectivity index (χ1v) is 4.92. The van der Waals surface area contributed by atoms with E-state index in [-0.39, 0.29) is 30.5 Å². The summed E-state index contributed by atoms with van der Waals surface area (Å²) >= 11 is 0. The van der Waals surface area contributed by atoms with Gasteiger partial charge in [0.1, 0.15) is 6.54 Å². The maximum absolute atomic E-state index is 12.0. The van der Waals surface area contributed by atoms with Gasteiger partial charge in [-0.15, -0.1) is 12.4 Å². The molecule has 1 atom stereocenters. The van der Waals surface area contributed by atoms with Crippen LogP contribution in [0.25, 0.3) is 0 Å². The molecule has 104 valence electrons. The summed E-state index contributed by atoms with van der Waals surface area (Å²) in [5, 5.41) is 5.92. The van der Waals surface area contributed by atoms with Crippen molar-refractivity contribution >= 4 is 24.0 Å². The number of carbonyl (C=O) groups excluding carboxylic acids is 1. The Morgan fingerprint density at radius 1 is 1.61 bits per heavy atom. The van der Waals surface area contributed by atoms with Crippen LogP contribution in [0.5, 0.6) is 0 Å². The highest BCUT2D eigenvalue weighted by Gasteiger charge is 2.28. The van der Waals surface area contributed by atoms with Gasteiger partial charge in [-0.05, 0) is 0 Å². The Labute approximate surface area is 108 Å². The zero-order valence-electron chi connectivity index (χ0n) is 9.57. The van der Waals surface area contributed by atoms with Gasteiger partial charge in [0.05, 0.1) is 11.9 Å². The molecule has 0 aliphatic rings. The van der Waals surface area contributed by atoms with Crippen LogP contribution in [-0.2, 0) is 11.3 Å². The minimum Gasteiger partial charge on any atom is -0.330 e. The number of rotatable bonds is 4. The van der Waals surface area contributed by atoms with E-state index in [1.165, 1.54) is 0 Å². The fourth-order valence-corrected chi connectivity index (χ4v) is 1.07. The lowest BCUT2D eigenvalue weighted by Crippen LogP contribution is -2.26. The van der Waals surface area contributed by atoms with E-state index in [4.69, 9.17) is 5.73 Å². The van der Waals surface area contributed by atoms with Crippen LogP contribution in [0.2, 0.25) is 0 Å². The molecule has 0 aromatic carbocycles. The molecule has 1 amide bonds. The van der Waals surface area contributed by atoms with Gasteiger partial charge in [-0.3, -0.25) is 9.48 Å². The maximum Gasteiger partial charge on any atom is 0.408 e.